The van der Waals surface area contributed by atoms with Gasteiger partial charge in [-0.15, -0.1) is 0 Å². The van der Waals surface area contributed by atoms with Crippen molar-refractivity contribution in [3.05, 3.63) is 54.1 Å². The summed E-state index contributed by atoms with van der Waals surface area (Å²) < 4.78 is 57.8. The van der Waals surface area contributed by atoms with Gasteiger partial charge < -0.3 is 4.74 Å². The molecule has 1 saturated heterocycles. The number of para-hydroxylation sites is 1. The SMILES string of the molecule is COc1ccccc1CNS(=O)(=O)c1ccc(N2C(=O)[C@@H](C)CS2(=O)=O)cc1. The molecule has 1 atom stereocenters. The van der Waals surface area contributed by atoms with Crippen molar-refractivity contribution >= 4 is 31.6 Å². The molecule has 1 fully saturated rings. The Bertz CT molecular complexity index is 1100. The van der Waals surface area contributed by atoms with Crippen LogP contribution in [0.5, 0.6) is 5.75 Å². The van der Waals surface area contributed by atoms with E-state index in [0.717, 1.165) is 4.31 Å². The molecule has 1 heterocycles. The fourth-order valence-corrected chi connectivity index (χ4v) is 5.78. The van der Waals surface area contributed by atoms with E-state index in [4.69, 9.17) is 4.74 Å². The van der Waals surface area contributed by atoms with Crippen LogP contribution in [0.25, 0.3) is 0 Å². The maximum atomic E-state index is 12.5. The Labute approximate surface area is 164 Å². The molecule has 1 N–H and O–H groups in total. The number of nitrogens with one attached hydrogen (secondary N) is 1. The molecule has 0 aliphatic carbocycles. The average molecular weight is 425 g/mol. The summed E-state index contributed by atoms with van der Waals surface area (Å²) in [4.78, 5) is 12.1. The summed E-state index contributed by atoms with van der Waals surface area (Å²) in [5.74, 6) is -0.847. The molecule has 0 saturated carbocycles. The molecule has 0 unspecified atom stereocenters. The Balaban J connectivity index is 1.80. The first-order valence-electron chi connectivity index (χ1n) is 8.44. The van der Waals surface area contributed by atoms with Gasteiger partial charge in [0.15, 0.2) is 0 Å². The third-order valence-corrected chi connectivity index (χ3v) is 7.67. The van der Waals surface area contributed by atoms with E-state index in [1.807, 2.05) is 0 Å². The number of benzene rings is 2. The molecule has 0 aromatic heterocycles. The van der Waals surface area contributed by atoms with Gasteiger partial charge in [0.05, 0.1) is 29.4 Å². The lowest BCUT2D eigenvalue weighted by atomic mass is 10.2. The molecule has 0 bridgehead atoms. The summed E-state index contributed by atoms with van der Waals surface area (Å²) in [6.45, 7) is 1.57. The van der Waals surface area contributed by atoms with Crippen molar-refractivity contribution in [2.45, 2.75) is 18.4 Å². The van der Waals surface area contributed by atoms with Crippen LogP contribution in [-0.2, 0) is 31.4 Å². The van der Waals surface area contributed by atoms with Crippen LogP contribution in [0, 0.1) is 5.92 Å². The molecule has 1 amide bonds. The Morgan fingerprint density at radius 1 is 1.14 bits per heavy atom. The lowest BCUT2D eigenvalue weighted by molar-refractivity contribution is -0.119. The number of carbonyl (C=O) groups is 1. The van der Waals surface area contributed by atoms with Gasteiger partial charge in [0.25, 0.3) is 0 Å². The zero-order valence-corrected chi connectivity index (χ0v) is 17.0. The predicted molar refractivity (Wildman–Crippen MR) is 104 cm³/mol. The Kier molecular flexibility index (Phi) is 5.46. The minimum atomic E-state index is -3.84. The van der Waals surface area contributed by atoms with E-state index in [1.165, 1.54) is 31.4 Å². The highest BCUT2D eigenvalue weighted by Gasteiger charge is 2.41. The van der Waals surface area contributed by atoms with Crippen LogP contribution in [-0.4, -0.2) is 35.6 Å². The molecule has 8 nitrogen and oxygen atoms in total. The smallest absolute Gasteiger partial charge is 0.244 e. The number of hydrogen-bond donors (Lipinski definition) is 1. The number of carbonyl (C=O) groups excluding carboxylic acids is 1. The quantitative estimate of drug-likeness (QED) is 0.752. The Hall–Kier alpha value is -2.43. The third kappa shape index (κ3) is 3.89. The predicted octanol–water partition coefficient (Wildman–Crippen LogP) is 1.49. The summed E-state index contributed by atoms with van der Waals surface area (Å²) >= 11 is 0. The summed E-state index contributed by atoms with van der Waals surface area (Å²) in [6, 6.07) is 12.2. The van der Waals surface area contributed by atoms with Crippen molar-refractivity contribution in [3.63, 3.8) is 0 Å². The summed E-state index contributed by atoms with van der Waals surface area (Å²) in [6.07, 6.45) is 0. The average Bonchev–Trinajstić information content (AvgIpc) is 2.87. The number of methoxy groups -OCH3 is 1. The second-order valence-electron chi connectivity index (χ2n) is 6.41. The van der Waals surface area contributed by atoms with Gasteiger partial charge in [0.1, 0.15) is 5.75 Å². The minimum absolute atomic E-state index is 0.0323. The summed E-state index contributed by atoms with van der Waals surface area (Å²) in [7, 11) is -6.07. The van der Waals surface area contributed by atoms with Gasteiger partial charge in [-0.3, -0.25) is 4.79 Å². The van der Waals surface area contributed by atoms with Crippen LogP contribution in [0.4, 0.5) is 5.69 Å². The fourth-order valence-electron chi connectivity index (χ4n) is 2.95. The zero-order chi connectivity index (χ0) is 20.5. The van der Waals surface area contributed by atoms with Crippen molar-refractivity contribution < 1.29 is 26.4 Å². The zero-order valence-electron chi connectivity index (χ0n) is 15.3. The molecule has 2 aromatic rings. The molecule has 10 heteroatoms. The summed E-state index contributed by atoms with van der Waals surface area (Å²) in [5.41, 5.74) is 0.797. The molecule has 150 valence electrons. The molecular formula is C18H20N2O6S2. The van der Waals surface area contributed by atoms with Gasteiger partial charge in [0, 0.05) is 12.1 Å². The van der Waals surface area contributed by atoms with Crippen molar-refractivity contribution in [1.29, 1.82) is 0 Å². The maximum absolute atomic E-state index is 12.5. The van der Waals surface area contributed by atoms with Crippen LogP contribution in [0.3, 0.4) is 0 Å². The highest BCUT2D eigenvalue weighted by Crippen LogP contribution is 2.29. The van der Waals surface area contributed by atoms with E-state index in [0.29, 0.717) is 11.3 Å². The maximum Gasteiger partial charge on any atom is 0.244 e. The lowest BCUT2D eigenvalue weighted by Gasteiger charge is -2.16. The van der Waals surface area contributed by atoms with Crippen molar-refractivity contribution in [1.82, 2.24) is 4.72 Å². The standard InChI is InChI=1S/C18H20N2O6S2/c1-13-12-27(22,23)20(18(13)21)15-7-9-16(10-8-15)28(24,25)19-11-14-5-3-4-6-17(14)26-2/h3-10,13,19H,11-12H2,1-2H3/t13-/m0/s1. The van der Waals surface area contributed by atoms with Crippen molar-refractivity contribution in [2.24, 2.45) is 5.92 Å². The molecule has 2 aromatic carbocycles. The fraction of sp³-hybridized carbons (Fsp3) is 0.278. The van der Waals surface area contributed by atoms with Crippen molar-refractivity contribution in [2.75, 3.05) is 17.2 Å². The number of sulfonamides is 2. The van der Waals surface area contributed by atoms with Crippen LogP contribution in [0.2, 0.25) is 0 Å². The highest BCUT2D eigenvalue weighted by atomic mass is 32.2. The van der Waals surface area contributed by atoms with E-state index < -0.39 is 31.9 Å². The van der Waals surface area contributed by atoms with E-state index in [1.54, 1.807) is 31.2 Å². The lowest BCUT2D eigenvalue weighted by Crippen LogP contribution is -2.30. The summed E-state index contributed by atoms with van der Waals surface area (Å²) in [5, 5.41) is 0. The van der Waals surface area contributed by atoms with E-state index in [9.17, 15) is 21.6 Å². The molecule has 0 radical (unpaired) electrons. The Morgan fingerprint density at radius 2 is 1.79 bits per heavy atom. The molecule has 0 spiro atoms. The topological polar surface area (TPSA) is 110 Å². The van der Waals surface area contributed by atoms with E-state index >= 15 is 0 Å². The highest BCUT2D eigenvalue weighted by molar-refractivity contribution is 7.94. The monoisotopic (exact) mass is 424 g/mol. The first kappa shape index (κ1) is 20.3. The first-order chi connectivity index (χ1) is 13.2. The molecule has 28 heavy (non-hydrogen) atoms. The van der Waals surface area contributed by atoms with Crippen molar-refractivity contribution in [3.8, 4) is 5.75 Å². The van der Waals surface area contributed by atoms with E-state index in [2.05, 4.69) is 4.72 Å². The minimum Gasteiger partial charge on any atom is -0.496 e. The van der Waals surface area contributed by atoms with Gasteiger partial charge in [0.2, 0.25) is 26.0 Å². The van der Waals surface area contributed by atoms with Gasteiger partial charge >= 0.3 is 0 Å². The number of amides is 1. The van der Waals surface area contributed by atoms with Gasteiger partial charge in [-0.1, -0.05) is 25.1 Å². The van der Waals surface area contributed by atoms with Crippen LogP contribution < -0.4 is 13.8 Å². The van der Waals surface area contributed by atoms with E-state index in [-0.39, 0.29) is 22.9 Å². The number of ether oxygens (including phenoxy) is 1. The van der Waals surface area contributed by atoms with Gasteiger partial charge in [-0.2, -0.15) is 0 Å². The normalized spacial score (nSPS) is 19.0. The second kappa shape index (κ2) is 7.53. The molecular weight excluding hydrogens is 404 g/mol. The van der Waals surface area contributed by atoms with Gasteiger partial charge in [-0.05, 0) is 30.3 Å². The number of hydrogen-bond acceptors (Lipinski definition) is 6. The van der Waals surface area contributed by atoms with Crippen LogP contribution >= 0.6 is 0 Å². The Morgan fingerprint density at radius 3 is 2.36 bits per heavy atom. The first-order valence-corrected chi connectivity index (χ1v) is 11.5. The second-order valence-corrected chi connectivity index (χ2v) is 10.0. The molecule has 1 aliphatic heterocycles. The van der Waals surface area contributed by atoms with Crippen LogP contribution in [0.1, 0.15) is 12.5 Å². The molecule has 3 rings (SSSR count). The largest absolute Gasteiger partial charge is 0.496 e. The van der Waals surface area contributed by atoms with Gasteiger partial charge in [-0.25, -0.2) is 25.9 Å². The molecule has 1 aliphatic rings. The third-order valence-electron chi connectivity index (χ3n) is 4.39. The number of nitrogens with zero attached hydrogens (tertiary/aromatic N) is 1. The number of rotatable bonds is 6. The number of anilines is 1. The van der Waals surface area contributed by atoms with Crippen LogP contribution in [0.15, 0.2) is 53.4 Å².